The van der Waals surface area contributed by atoms with Gasteiger partial charge in [-0.2, -0.15) is 0 Å². The Morgan fingerprint density at radius 1 is 0.737 bits per heavy atom. The van der Waals surface area contributed by atoms with Gasteiger partial charge in [0.25, 0.3) is 6.71 Å². The molecule has 0 unspecified atom stereocenters. The summed E-state index contributed by atoms with van der Waals surface area (Å²) in [7, 11) is 0. The number of hydrogen-bond acceptors (Lipinski definition) is 1. The zero-order valence-electron chi connectivity index (χ0n) is 22.0. The predicted octanol–water partition coefficient (Wildman–Crippen LogP) is 6.47. The van der Waals surface area contributed by atoms with Gasteiger partial charge in [0.15, 0.2) is 0 Å². The summed E-state index contributed by atoms with van der Waals surface area (Å²) < 4.78 is 9.10. The van der Waals surface area contributed by atoms with Crippen LogP contribution in [0, 0.1) is 0 Å². The first-order chi connectivity index (χ1) is 18.5. The average molecular weight is 489 g/mol. The fourth-order valence-electron chi connectivity index (χ4n) is 6.72. The minimum atomic E-state index is 0.0734. The Morgan fingerprint density at radius 3 is 2.29 bits per heavy atom. The Morgan fingerprint density at radius 2 is 1.47 bits per heavy atom. The van der Waals surface area contributed by atoms with Crippen molar-refractivity contribution in [3.63, 3.8) is 0 Å². The lowest BCUT2D eigenvalue weighted by Crippen LogP contribution is -2.56. The van der Waals surface area contributed by atoms with Crippen molar-refractivity contribution in [1.82, 2.24) is 4.57 Å². The van der Waals surface area contributed by atoms with Crippen LogP contribution in [0.3, 0.4) is 0 Å². The summed E-state index contributed by atoms with van der Waals surface area (Å²) in [6.45, 7) is 7.57. The van der Waals surface area contributed by atoms with E-state index in [0.717, 1.165) is 5.75 Å². The molecule has 3 heterocycles. The molecule has 0 aliphatic carbocycles. The number of hydrogen-bond donors (Lipinski definition) is 0. The van der Waals surface area contributed by atoms with Crippen molar-refractivity contribution >= 4 is 44.9 Å². The normalized spacial score (nSPS) is 13.7. The molecular weight excluding hydrogens is 461 g/mol. The number of para-hydroxylation sites is 2. The third-order valence-corrected chi connectivity index (χ3v) is 8.53. The molecule has 2 aliphatic heterocycles. The van der Waals surface area contributed by atoms with Crippen molar-refractivity contribution in [2.75, 3.05) is 0 Å². The summed E-state index contributed by atoms with van der Waals surface area (Å²) in [6.07, 6.45) is 0. The van der Waals surface area contributed by atoms with Gasteiger partial charge in [0, 0.05) is 22.0 Å². The number of nitrogens with zero attached hydrogens (tertiary/aromatic N) is 1. The molecule has 3 heteroatoms. The highest BCUT2D eigenvalue weighted by Crippen LogP contribution is 2.40. The maximum Gasteiger partial charge on any atom is 0.252 e. The molecule has 38 heavy (non-hydrogen) atoms. The van der Waals surface area contributed by atoms with Gasteiger partial charge in [-0.15, -0.1) is 0 Å². The van der Waals surface area contributed by atoms with Crippen molar-refractivity contribution < 1.29 is 4.74 Å². The second-order valence-corrected chi connectivity index (χ2v) is 11.7. The molecule has 0 bridgehead atoms. The van der Waals surface area contributed by atoms with E-state index < -0.39 is 0 Å². The van der Waals surface area contributed by atoms with Crippen molar-refractivity contribution in [3.05, 3.63) is 114 Å². The second kappa shape index (κ2) is 7.64. The predicted molar refractivity (Wildman–Crippen MR) is 160 cm³/mol. The average Bonchev–Trinajstić information content (AvgIpc) is 3.16. The van der Waals surface area contributed by atoms with Crippen molar-refractivity contribution in [2.24, 2.45) is 0 Å². The van der Waals surface area contributed by atoms with Crippen molar-refractivity contribution in [1.29, 1.82) is 0 Å². The molecule has 182 valence electrons. The van der Waals surface area contributed by atoms with Gasteiger partial charge in [0.1, 0.15) is 12.4 Å². The van der Waals surface area contributed by atoms with Gasteiger partial charge in [-0.25, -0.2) is 0 Å². The maximum absolute atomic E-state index is 6.58. The molecule has 0 radical (unpaired) electrons. The highest BCUT2D eigenvalue weighted by atomic mass is 16.5. The maximum atomic E-state index is 6.58. The number of fused-ring (bicyclic) bond motifs is 8. The molecule has 2 nitrogen and oxygen atoms in total. The van der Waals surface area contributed by atoms with Crippen LogP contribution in [0.4, 0.5) is 0 Å². The zero-order chi connectivity index (χ0) is 25.6. The molecule has 1 aromatic heterocycles. The molecular formula is C35H28BNO. The van der Waals surface area contributed by atoms with Crippen LogP contribution in [-0.4, -0.2) is 11.3 Å². The van der Waals surface area contributed by atoms with E-state index in [1.807, 2.05) is 0 Å². The summed E-state index contributed by atoms with van der Waals surface area (Å²) in [4.78, 5) is 0. The summed E-state index contributed by atoms with van der Waals surface area (Å²) in [5.74, 6) is 0.982. The van der Waals surface area contributed by atoms with Crippen LogP contribution in [0.25, 0.3) is 38.6 Å². The summed E-state index contributed by atoms with van der Waals surface area (Å²) in [5, 5.41) is 2.64. The summed E-state index contributed by atoms with van der Waals surface area (Å²) >= 11 is 0. The summed E-state index contributed by atoms with van der Waals surface area (Å²) in [5.41, 5.74) is 13.1. The highest BCUT2D eigenvalue weighted by molar-refractivity contribution is 6.99. The largest absolute Gasteiger partial charge is 0.489 e. The van der Waals surface area contributed by atoms with E-state index >= 15 is 0 Å². The van der Waals surface area contributed by atoms with E-state index in [2.05, 4.69) is 128 Å². The molecule has 6 aromatic rings. The molecule has 0 atom stereocenters. The van der Waals surface area contributed by atoms with Crippen molar-refractivity contribution in [2.45, 2.75) is 32.8 Å². The Balaban J connectivity index is 1.61. The van der Waals surface area contributed by atoms with Gasteiger partial charge < -0.3 is 9.30 Å². The van der Waals surface area contributed by atoms with Crippen LogP contribution in [0.1, 0.15) is 31.9 Å². The molecule has 8 rings (SSSR count). The molecule has 0 saturated heterocycles. The zero-order valence-corrected chi connectivity index (χ0v) is 22.0. The van der Waals surface area contributed by atoms with Gasteiger partial charge in [-0.1, -0.05) is 93.6 Å². The van der Waals surface area contributed by atoms with Crippen LogP contribution in [-0.2, 0) is 12.0 Å². The Kier molecular flexibility index (Phi) is 4.39. The summed E-state index contributed by atoms with van der Waals surface area (Å²) in [6, 6.07) is 37.9. The monoisotopic (exact) mass is 489 g/mol. The molecule has 0 N–H and O–H groups in total. The quantitative estimate of drug-likeness (QED) is 0.241. The number of rotatable bonds is 1. The third-order valence-electron chi connectivity index (χ3n) is 8.53. The van der Waals surface area contributed by atoms with Crippen LogP contribution in [0.15, 0.2) is 103 Å². The molecule has 0 spiro atoms. The number of ether oxygens (including phenoxy) is 1. The van der Waals surface area contributed by atoms with Gasteiger partial charge >= 0.3 is 0 Å². The number of aromatic nitrogens is 1. The van der Waals surface area contributed by atoms with Gasteiger partial charge in [0.2, 0.25) is 0 Å². The molecule has 0 saturated carbocycles. The van der Waals surface area contributed by atoms with E-state index in [-0.39, 0.29) is 12.1 Å². The van der Waals surface area contributed by atoms with Crippen LogP contribution < -0.4 is 21.1 Å². The van der Waals surface area contributed by atoms with Gasteiger partial charge in [-0.05, 0) is 74.4 Å². The van der Waals surface area contributed by atoms with E-state index in [1.165, 1.54) is 66.1 Å². The highest BCUT2D eigenvalue weighted by Gasteiger charge is 2.39. The lowest BCUT2D eigenvalue weighted by molar-refractivity contribution is 0.311. The van der Waals surface area contributed by atoms with E-state index in [4.69, 9.17) is 4.74 Å². The topological polar surface area (TPSA) is 14.2 Å². The lowest BCUT2D eigenvalue weighted by Gasteiger charge is -2.28. The van der Waals surface area contributed by atoms with Gasteiger partial charge in [-0.3, -0.25) is 0 Å². The Hall–Kier alpha value is -4.24. The third kappa shape index (κ3) is 2.90. The second-order valence-electron chi connectivity index (χ2n) is 11.7. The fourth-order valence-corrected chi connectivity index (χ4v) is 6.72. The van der Waals surface area contributed by atoms with Gasteiger partial charge in [0.05, 0.1) is 5.52 Å². The van der Waals surface area contributed by atoms with Crippen LogP contribution in [0.2, 0.25) is 0 Å². The van der Waals surface area contributed by atoms with Crippen molar-refractivity contribution in [3.8, 4) is 22.6 Å². The Labute approximate surface area is 223 Å². The standard InChI is InChI=1S/C35H28BNO/c1-35(2,3)23-17-18-30-25(19-23)26-20-24(22-11-5-4-6-12-22)27-21-38-32-16-10-8-14-29(32)36-28-13-7-9-15-31(28)37(30)34(26)33(27)36/h4-20H,21H2,1-3H3. The van der Waals surface area contributed by atoms with Crippen LogP contribution >= 0.6 is 0 Å². The molecule has 0 fully saturated rings. The minimum Gasteiger partial charge on any atom is -0.489 e. The number of benzene rings is 5. The first-order valence-corrected chi connectivity index (χ1v) is 13.5. The lowest BCUT2D eigenvalue weighted by atomic mass is 9.34. The van der Waals surface area contributed by atoms with Crippen LogP contribution in [0.5, 0.6) is 5.75 Å². The Bertz CT molecular complexity index is 1910. The first kappa shape index (κ1) is 21.8. The first-order valence-electron chi connectivity index (χ1n) is 13.5. The molecule has 2 aliphatic rings. The fraction of sp³-hybridized carbons (Fsp3) is 0.143. The van der Waals surface area contributed by atoms with E-state index in [1.54, 1.807) is 0 Å². The molecule has 5 aromatic carbocycles. The minimum absolute atomic E-state index is 0.0734. The molecule has 0 amide bonds. The smallest absolute Gasteiger partial charge is 0.252 e. The van der Waals surface area contributed by atoms with E-state index in [9.17, 15) is 0 Å². The van der Waals surface area contributed by atoms with E-state index in [0.29, 0.717) is 6.61 Å². The SMILES string of the molecule is CC(C)(C)c1ccc2c(c1)c1cc(-c3ccccc3)c3c4c1n2-c1ccccc1B4c1ccccc1OC3.